The Balaban J connectivity index is 2.78. The van der Waals surface area contributed by atoms with Crippen LogP contribution in [0.3, 0.4) is 0 Å². The van der Waals surface area contributed by atoms with Crippen LogP contribution in [-0.4, -0.2) is 29.2 Å². The zero-order chi connectivity index (χ0) is 12.1. The number of hydrogen-bond donors (Lipinski definition) is 5. The molecule has 1 aromatic rings. The molecule has 0 fully saturated rings. The van der Waals surface area contributed by atoms with Crippen LogP contribution in [-0.2, 0) is 0 Å². The van der Waals surface area contributed by atoms with Crippen LogP contribution in [0.2, 0.25) is 0 Å². The number of benzene rings is 1. The number of carbonyl (C=O) groups is 1. The van der Waals surface area contributed by atoms with Crippen molar-refractivity contribution >= 4 is 30.3 Å². The number of nitrogens with two attached hydrogens (primary N) is 2. The van der Waals surface area contributed by atoms with Crippen LogP contribution in [0.1, 0.15) is 0 Å². The average Bonchev–Trinajstić information content (AvgIpc) is 2.16. The maximum atomic E-state index is 11.1. The van der Waals surface area contributed by atoms with Crippen LogP contribution < -0.4 is 22.2 Å². The lowest BCUT2D eigenvalue weighted by Gasteiger charge is -2.04. The van der Waals surface area contributed by atoms with Gasteiger partial charge in [-0.25, -0.2) is 4.79 Å². The number of nitrogens with zero attached hydrogens (tertiary/aromatic N) is 1. The van der Waals surface area contributed by atoms with Gasteiger partial charge in [-0.05, 0) is 17.6 Å². The zero-order valence-corrected chi connectivity index (χ0v) is 8.29. The number of amides is 2. The highest BCUT2D eigenvalue weighted by Crippen LogP contribution is 2.04. The molecule has 0 aromatic heterocycles. The first kappa shape index (κ1) is 12.0. The number of rotatable bonds is 2. The molecule has 0 aliphatic carbocycles. The van der Waals surface area contributed by atoms with Crippen LogP contribution in [0, 0.1) is 0 Å². The van der Waals surface area contributed by atoms with E-state index in [0.29, 0.717) is 5.69 Å². The fourth-order valence-electron chi connectivity index (χ4n) is 1.05. The SMILES string of the molecule is NC(N)=NC(=O)Nc1cccc(B(O)O)c1. The Bertz CT molecular complexity index is 417. The van der Waals surface area contributed by atoms with Crippen molar-refractivity contribution in [2.24, 2.45) is 16.5 Å². The zero-order valence-electron chi connectivity index (χ0n) is 8.29. The van der Waals surface area contributed by atoms with Crippen LogP contribution in [0.4, 0.5) is 10.5 Å². The van der Waals surface area contributed by atoms with E-state index in [4.69, 9.17) is 21.5 Å². The molecular formula is C8H11BN4O3. The van der Waals surface area contributed by atoms with E-state index in [-0.39, 0.29) is 11.4 Å². The molecule has 0 bridgehead atoms. The second kappa shape index (κ2) is 5.15. The highest BCUT2D eigenvalue weighted by atomic mass is 16.4. The number of aliphatic imine (C=N–C) groups is 1. The molecule has 1 rings (SSSR count). The van der Waals surface area contributed by atoms with Crippen LogP contribution >= 0.6 is 0 Å². The summed E-state index contributed by atoms with van der Waals surface area (Å²) < 4.78 is 0. The third kappa shape index (κ3) is 3.60. The number of nitrogens with one attached hydrogen (secondary N) is 1. The second-order valence-electron chi connectivity index (χ2n) is 2.97. The summed E-state index contributed by atoms with van der Waals surface area (Å²) in [5.74, 6) is -0.351. The van der Waals surface area contributed by atoms with Crippen LogP contribution in [0.25, 0.3) is 0 Å². The summed E-state index contributed by atoms with van der Waals surface area (Å²) in [7, 11) is -1.60. The minimum atomic E-state index is -1.60. The first-order chi connectivity index (χ1) is 7.49. The Kier molecular flexibility index (Phi) is 3.86. The topological polar surface area (TPSA) is 134 Å². The van der Waals surface area contributed by atoms with Crippen molar-refractivity contribution in [3.8, 4) is 0 Å². The van der Waals surface area contributed by atoms with E-state index in [1.807, 2.05) is 0 Å². The molecule has 0 saturated carbocycles. The molecule has 1 aromatic carbocycles. The molecular weight excluding hydrogens is 211 g/mol. The summed E-state index contributed by atoms with van der Waals surface area (Å²) in [5, 5.41) is 20.2. The summed E-state index contributed by atoms with van der Waals surface area (Å²) >= 11 is 0. The molecule has 0 atom stereocenters. The summed E-state index contributed by atoms with van der Waals surface area (Å²) in [5.41, 5.74) is 10.6. The van der Waals surface area contributed by atoms with Gasteiger partial charge in [0.05, 0.1) is 0 Å². The number of guanidine groups is 1. The van der Waals surface area contributed by atoms with Crippen molar-refractivity contribution in [3.63, 3.8) is 0 Å². The first-order valence-corrected chi connectivity index (χ1v) is 4.36. The van der Waals surface area contributed by atoms with E-state index in [0.717, 1.165) is 0 Å². The lowest BCUT2D eigenvalue weighted by molar-refractivity contribution is 0.259. The predicted octanol–water partition coefficient (Wildman–Crippen LogP) is -1.83. The standard InChI is InChI=1S/C8H11BN4O3/c10-7(11)13-8(14)12-6-3-1-2-5(4-6)9(15)16/h1-4,15-16H,(H5,10,11,12,13,14). The molecule has 8 heteroatoms. The van der Waals surface area contributed by atoms with E-state index >= 15 is 0 Å². The Labute approximate surface area is 91.9 Å². The predicted molar refractivity (Wildman–Crippen MR) is 61.1 cm³/mol. The van der Waals surface area contributed by atoms with Gasteiger partial charge in [0.2, 0.25) is 0 Å². The molecule has 16 heavy (non-hydrogen) atoms. The molecule has 84 valence electrons. The molecule has 7 nitrogen and oxygen atoms in total. The van der Waals surface area contributed by atoms with Gasteiger partial charge in [-0.3, -0.25) is 0 Å². The monoisotopic (exact) mass is 222 g/mol. The van der Waals surface area contributed by atoms with E-state index in [2.05, 4.69) is 10.3 Å². The first-order valence-electron chi connectivity index (χ1n) is 4.36. The van der Waals surface area contributed by atoms with Crippen molar-refractivity contribution in [1.29, 1.82) is 0 Å². The summed E-state index contributed by atoms with van der Waals surface area (Å²) in [6, 6.07) is 5.28. The quantitative estimate of drug-likeness (QED) is 0.228. The lowest BCUT2D eigenvalue weighted by Crippen LogP contribution is -2.30. The van der Waals surface area contributed by atoms with Gasteiger partial charge in [-0.1, -0.05) is 12.1 Å². The fraction of sp³-hybridized carbons (Fsp3) is 0. The molecule has 0 heterocycles. The van der Waals surface area contributed by atoms with E-state index in [1.54, 1.807) is 12.1 Å². The molecule has 0 aliphatic rings. The van der Waals surface area contributed by atoms with Gasteiger partial charge in [-0.2, -0.15) is 4.99 Å². The molecule has 7 N–H and O–H groups in total. The Morgan fingerprint density at radius 3 is 2.62 bits per heavy atom. The van der Waals surface area contributed by atoms with Crippen molar-refractivity contribution in [1.82, 2.24) is 0 Å². The van der Waals surface area contributed by atoms with Crippen LogP contribution in [0.5, 0.6) is 0 Å². The molecule has 0 unspecified atom stereocenters. The van der Waals surface area contributed by atoms with Crippen molar-refractivity contribution in [2.45, 2.75) is 0 Å². The molecule has 0 saturated heterocycles. The maximum absolute atomic E-state index is 11.1. The van der Waals surface area contributed by atoms with Crippen molar-refractivity contribution in [2.75, 3.05) is 5.32 Å². The summed E-state index contributed by atoms with van der Waals surface area (Å²) in [4.78, 5) is 14.4. The van der Waals surface area contributed by atoms with Crippen molar-refractivity contribution in [3.05, 3.63) is 24.3 Å². The minimum Gasteiger partial charge on any atom is -0.423 e. The smallest absolute Gasteiger partial charge is 0.423 e. The highest BCUT2D eigenvalue weighted by molar-refractivity contribution is 6.58. The lowest BCUT2D eigenvalue weighted by atomic mass is 9.80. The van der Waals surface area contributed by atoms with Gasteiger partial charge in [0.25, 0.3) is 0 Å². The average molecular weight is 222 g/mol. The van der Waals surface area contributed by atoms with Gasteiger partial charge in [0.15, 0.2) is 5.96 Å². The third-order valence-corrected chi connectivity index (χ3v) is 1.67. The molecule has 2 amide bonds. The van der Waals surface area contributed by atoms with E-state index in [1.165, 1.54) is 12.1 Å². The third-order valence-electron chi connectivity index (χ3n) is 1.67. The number of urea groups is 1. The molecule has 0 radical (unpaired) electrons. The Morgan fingerprint density at radius 1 is 1.38 bits per heavy atom. The Hall–Kier alpha value is -2.06. The van der Waals surface area contributed by atoms with E-state index in [9.17, 15) is 4.79 Å². The maximum Gasteiger partial charge on any atom is 0.488 e. The van der Waals surface area contributed by atoms with E-state index < -0.39 is 13.1 Å². The van der Waals surface area contributed by atoms with Gasteiger partial charge in [-0.15, -0.1) is 0 Å². The number of hydrogen-bond acceptors (Lipinski definition) is 3. The largest absolute Gasteiger partial charge is 0.488 e. The number of carbonyl (C=O) groups excluding carboxylic acids is 1. The van der Waals surface area contributed by atoms with Gasteiger partial charge >= 0.3 is 13.1 Å². The molecule has 0 aliphatic heterocycles. The number of anilines is 1. The van der Waals surface area contributed by atoms with Crippen molar-refractivity contribution < 1.29 is 14.8 Å². The summed E-state index contributed by atoms with van der Waals surface area (Å²) in [6.07, 6.45) is 0. The summed E-state index contributed by atoms with van der Waals surface area (Å²) in [6.45, 7) is 0. The minimum absolute atomic E-state index is 0.252. The molecule has 0 spiro atoms. The van der Waals surface area contributed by atoms with Crippen LogP contribution in [0.15, 0.2) is 29.3 Å². The Morgan fingerprint density at radius 2 is 2.06 bits per heavy atom. The van der Waals surface area contributed by atoms with Gasteiger partial charge < -0.3 is 26.8 Å². The van der Waals surface area contributed by atoms with Gasteiger partial charge in [0.1, 0.15) is 0 Å². The highest BCUT2D eigenvalue weighted by Gasteiger charge is 2.11. The second-order valence-corrected chi connectivity index (χ2v) is 2.97. The normalized spacial score (nSPS) is 9.38. The van der Waals surface area contributed by atoms with Gasteiger partial charge in [0, 0.05) is 5.69 Å². The fourth-order valence-corrected chi connectivity index (χ4v) is 1.05.